The molecule has 2 aliphatic rings. The highest BCUT2D eigenvalue weighted by Gasteiger charge is 2.34. The average molecular weight is 294 g/mol. The van der Waals surface area contributed by atoms with Gasteiger partial charge in [0.15, 0.2) is 11.6 Å². The summed E-state index contributed by atoms with van der Waals surface area (Å²) in [7, 11) is 0. The van der Waals surface area contributed by atoms with Crippen molar-refractivity contribution in [3.05, 3.63) is 35.4 Å². The number of hydrogen-bond donors (Lipinski definition) is 2. The van der Waals surface area contributed by atoms with E-state index in [1.807, 2.05) is 0 Å². The van der Waals surface area contributed by atoms with Crippen molar-refractivity contribution < 1.29 is 13.6 Å². The van der Waals surface area contributed by atoms with Gasteiger partial charge in [-0.3, -0.25) is 4.79 Å². The molecule has 0 aromatic heterocycles. The number of hydrogen-bond acceptors (Lipinski definition) is 2. The van der Waals surface area contributed by atoms with E-state index in [2.05, 4.69) is 10.6 Å². The molecule has 2 atom stereocenters. The van der Waals surface area contributed by atoms with E-state index in [1.165, 1.54) is 18.9 Å². The highest BCUT2D eigenvalue weighted by atomic mass is 19.2. The number of benzene rings is 1. The van der Waals surface area contributed by atoms with E-state index >= 15 is 0 Å². The topological polar surface area (TPSA) is 41.1 Å². The molecule has 0 spiro atoms. The summed E-state index contributed by atoms with van der Waals surface area (Å²) in [6, 6.07) is 4.85. The lowest BCUT2D eigenvalue weighted by atomic mass is 9.89. The monoisotopic (exact) mass is 294 g/mol. The molecule has 2 fully saturated rings. The Morgan fingerprint density at radius 1 is 1.19 bits per heavy atom. The third kappa shape index (κ3) is 3.59. The van der Waals surface area contributed by atoms with Gasteiger partial charge >= 0.3 is 0 Å². The highest BCUT2D eigenvalue weighted by molar-refractivity contribution is 5.76. The van der Waals surface area contributed by atoms with Gasteiger partial charge in [0, 0.05) is 25.0 Å². The Morgan fingerprint density at radius 2 is 1.90 bits per heavy atom. The Kier molecular flexibility index (Phi) is 4.19. The summed E-state index contributed by atoms with van der Waals surface area (Å²) < 4.78 is 25.9. The van der Waals surface area contributed by atoms with E-state index in [-0.39, 0.29) is 12.5 Å². The highest BCUT2D eigenvalue weighted by Crippen LogP contribution is 2.32. The van der Waals surface area contributed by atoms with E-state index in [9.17, 15) is 13.6 Å². The summed E-state index contributed by atoms with van der Waals surface area (Å²) in [6.45, 7) is 0.244. The molecule has 1 amide bonds. The van der Waals surface area contributed by atoms with Crippen molar-refractivity contribution in [1.82, 2.24) is 10.6 Å². The van der Waals surface area contributed by atoms with Crippen LogP contribution in [-0.4, -0.2) is 18.0 Å². The smallest absolute Gasteiger partial charge is 0.220 e. The van der Waals surface area contributed by atoms with E-state index in [0.717, 1.165) is 25.0 Å². The summed E-state index contributed by atoms with van der Waals surface area (Å²) >= 11 is 0. The van der Waals surface area contributed by atoms with Gasteiger partial charge in [0.2, 0.25) is 5.91 Å². The van der Waals surface area contributed by atoms with Crippen LogP contribution in [0.4, 0.5) is 8.78 Å². The van der Waals surface area contributed by atoms with Crippen molar-refractivity contribution in [2.75, 3.05) is 0 Å². The second kappa shape index (κ2) is 6.10. The van der Waals surface area contributed by atoms with Gasteiger partial charge in [0.25, 0.3) is 0 Å². The minimum atomic E-state index is -0.878. The van der Waals surface area contributed by atoms with Crippen LogP contribution in [-0.2, 0) is 11.3 Å². The number of amides is 1. The maximum absolute atomic E-state index is 13.1. The van der Waals surface area contributed by atoms with Crippen molar-refractivity contribution in [2.24, 2.45) is 5.92 Å². The molecule has 1 aromatic rings. The number of nitrogens with one attached hydrogen (secondary N) is 2. The fraction of sp³-hybridized carbons (Fsp3) is 0.562. The van der Waals surface area contributed by atoms with Crippen LogP contribution >= 0.6 is 0 Å². The van der Waals surface area contributed by atoms with Gasteiger partial charge in [-0.05, 0) is 49.3 Å². The fourth-order valence-electron chi connectivity index (χ4n) is 3.53. The van der Waals surface area contributed by atoms with Crippen LogP contribution in [0.15, 0.2) is 18.2 Å². The molecule has 0 saturated carbocycles. The zero-order valence-corrected chi connectivity index (χ0v) is 11.9. The van der Waals surface area contributed by atoms with E-state index in [1.54, 1.807) is 0 Å². The molecule has 5 heteroatoms. The minimum absolute atomic E-state index is 0.00830. The Bertz CT molecular complexity index is 523. The van der Waals surface area contributed by atoms with Gasteiger partial charge in [0.1, 0.15) is 0 Å². The molecule has 1 aromatic carbocycles. The summed E-state index contributed by atoms with van der Waals surface area (Å²) in [5, 5.41) is 6.35. The average Bonchev–Trinajstić information content (AvgIpc) is 2.79. The van der Waals surface area contributed by atoms with Crippen LogP contribution in [0.2, 0.25) is 0 Å². The molecule has 0 aliphatic carbocycles. The Hall–Kier alpha value is -1.49. The largest absolute Gasteiger partial charge is 0.352 e. The molecule has 3 rings (SSSR count). The number of halogens is 2. The summed E-state index contributed by atoms with van der Waals surface area (Å²) in [5.41, 5.74) is 0.577. The van der Waals surface area contributed by atoms with Crippen molar-refractivity contribution >= 4 is 5.91 Å². The van der Waals surface area contributed by atoms with Crippen molar-refractivity contribution in [3.63, 3.8) is 0 Å². The molecule has 2 aliphatic heterocycles. The maximum atomic E-state index is 13.1. The third-order valence-corrected chi connectivity index (χ3v) is 4.52. The van der Waals surface area contributed by atoms with Crippen LogP contribution < -0.4 is 10.6 Å². The van der Waals surface area contributed by atoms with Crippen LogP contribution in [0.25, 0.3) is 0 Å². The lowest BCUT2D eigenvalue weighted by Gasteiger charge is -2.28. The quantitative estimate of drug-likeness (QED) is 0.896. The second-order valence-electron chi connectivity index (χ2n) is 6.20. The van der Waals surface area contributed by atoms with Crippen molar-refractivity contribution in [3.8, 4) is 0 Å². The zero-order chi connectivity index (χ0) is 14.8. The molecule has 2 saturated heterocycles. The minimum Gasteiger partial charge on any atom is -0.352 e. The van der Waals surface area contributed by atoms with Gasteiger partial charge in [0.05, 0.1) is 0 Å². The molecular formula is C16H20F2N2O. The number of rotatable bonds is 4. The van der Waals surface area contributed by atoms with Gasteiger partial charge in [-0.15, -0.1) is 0 Å². The third-order valence-electron chi connectivity index (χ3n) is 4.52. The Labute approximate surface area is 123 Å². The lowest BCUT2D eigenvalue weighted by molar-refractivity contribution is -0.122. The molecule has 2 N–H and O–H groups in total. The molecule has 2 bridgehead atoms. The number of piperidine rings is 1. The SMILES string of the molecule is O=C(CC1CC2CCC(C1)N2)NCc1ccc(F)c(F)c1. The number of carbonyl (C=O) groups is 1. The van der Waals surface area contributed by atoms with Gasteiger partial charge in [-0.1, -0.05) is 6.07 Å². The normalized spacial score (nSPS) is 27.6. The molecule has 114 valence electrons. The maximum Gasteiger partial charge on any atom is 0.220 e. The van der Waals surface area contributed by atoms with E-state index < -0.39 is 11.6 Å². The fourth-order valence-corrected chi connectivity index (χ4v) is 3.53. The van der Waals surface area contributed by atoms with Crippen LogP contribution in [0.1, 0.15) is 37.7 Å². The predicted octanol–water partition coefficient (Wildman–Crippen LogP) is 2.50. The summed E-state index contributed by atoms with van der Waals surface area (Å²) in [6.07, 6.45) is 5.10. The molecule has 0 radical (unpaired) electrons. The number of carbonyl (C=O) groups excluding carboxylic acids is 1. The first-order valence-electron chi connectivity index (χ1n) is 7.57. The molecule has 2 unspecified atom stereocenters. The van der Waals surface area contributed by atoms with E-state index in [0.29, 0.717) is 30.0 Å². The first-order valence-corrected chi connectivity index (χ1v) is 7.57. The van der Waals surface area contributed by atoms with Gasteiger partial charge < -0.3 is 10.6 Å². The number of fused-ring (bicyclic) bond motifs is 2. The van der Waals surface area contributed by atoms with Crippen LogP contribution in [0, 0.1) is 17.6 Å². The molecule has 3 nitrogen and oxygen atoms in total. The zero-order valence-electron chi connectivity index (χ0n) is 11.9. The first kappa shape index (κ1) is 14.4. The summed E-state index contributed by atoms with van der Waals surface area (Å²) in [4.78, 5) is 12.0. The summed E-state index contributed by atoms with van der Waals surface area (Å²) in [5.74, 6) is -1.31. The standard InChI is InChI=1S/C16H20F2N2O/c17-14-4-1-10(7-15(14)18)9-19-16(21)8-11-5-12-2-3-13(6-11)20-12/h1,4,7,11-13,20H,2-3,5-6,8-9H2,(H,19,21). The lowest BCUT2D eigenvalue weighted by Crippen LogP contribution is -2.39. The Balaban J connectivity index is 1.47. The molecule has 21 heavy (non-hydrogen) atoms. The van der Waals surface area contributed by atoms with Gasteiger partial charge in [-0.25, -0.2) is 8.78 Å². The van der Waals surface area contributed by atoms with Gasteiger partial charge in [-0.2, -0.15) is 0 Å². The van der Waals surface area contributed by atoms with Crippen LogP contribution in [0.3, 0.4) is 0 Å². The Morgan fingerprint density at radius 3 is 2.57 bits per heavy atom. The molecule has 2 heterocycles. The van der Waals surface area contributed by atoms with Crippen molar-refractivity contribution in [1.29, 1.82) is 0 Å². The van der Waals surface area contributed by atoms with E-state index in [4.69, 9.17) is 0 Å². The predicted molar refractivity (Wildman–Crippen MR) is 75.5 cm³/mol. The second-order valence-corrected chi connectivity index (χ2v) is 6.20. The van der Waals surface area contributed by atoms with Crippen molar-refractivity contribution in [2.45, 2.75) is 50.7 Å². The van der Waals surface area contributed by atoms with Crippen LogP contribution in [0.5, 0.6) is 0 Å². The molecular weight excluding hydrogens is 274 g/mol. The first-order chi connectivity index (χ1) is 10.1.